The fourth-order valence-electron chi connectivity index (χ4n) is 1.79. The molecule has 0 fully saturated rings. The van der Waals surface area contributed by atoms with E-state index in [9.17, 15) is 0 Å². The Morgan fingerprint density at radius 1 is 1.35 bits per heavy atom. The monoisotopic (exact) mass is 315 g/mol. The van der Waals surface area contributed by atoms with Gasteiger partial charge in [0.05, 0.1) is 23.9 Å². The number of hydrogen-bond donors (Lipinski definition) is 1. The molecule has 0 amide bonds. The van der Waals surface area contributed by atoms with Gasteiger partial charge < -0.3 is 10.5 Å². The third-order valence-electron chi connectivity index (χ3n) is 2.62. The quantitative estimate of drug-likeness (QED) is 0.920. The smallest absolute Gasteiger partial charge is 0.138 e. The van der Waals surface area contributed by atoms with Gasteiger partial charge in [0.1, 0.15) is 5.75 Å². The van der Waals surface area contributed by atoms with E-state index in [1.165, 1.54) is 0 Å². The van der Waals surface area contributed by atoms with Crippen molar-refractivity contribution >= 4 is 24.0 Å². The Labute approximate surface area is 130 Å². The highest BCUT2D eigenvalue weighted by Crippen LogP contribution is 2.31. The first-order valence-electron chi connectivity index (χ1n) is 6.29. The van der Waals surface area contributed by atoms with Gasteiger partial charge in [-0.05, 0) is 31.5 Å². The van der Waals surface area contributed by atoms with E-state index in [0.717, 1.165) is 11.1 Å². The van der Waals surface area contributed by atoms with E-state index in [-0.39, 0.29) is 18.5 Å². The Morgan fingerprint density at radius 3 is 2.75 bits per heavy atom. The van der Waals surface area contributed by atoms with Crippen LogP contribution in [-0.4, -0.2) is 22.4 Å². The van der Waals surface area contributed by atoms with Crippen LogP contribution in [0.15, 0.2) is 30.6 Å². The average Bonchev–Trinajstić information content (AvgIpc) is 2.80. The fraction of sp³-hybridized carbons (Fsp3) is 0.357. The summed E-state index contributed by atoms with van der Waals surface area (Å²) in [4.78, 5) is 0. The fourth-order valence-corrected chi connectivity index (χ4v) is 1.96. The molecule has 0 saturated heterocycles. The van der Waals surface area contributed by atoms with Crippen molar-refractivity contribution in [2.45, 2.75) is 26.5 Å². The minimum Gasteiger partial charge on any atom is -0.489 e. The van der Waals surface area contributed by atoms with Crippen molar-refractivity contribution in [2.24, 2.45) is 5.73 Å². The van der Waals surface area contributed by atoms with Gasteiger partial charge >= 0.3 is 0 Å². The van der Waals surface area contributed by atoms with Crippen LogP contribution in [0, 0.1) is 0 Å². The SMILES string of the molecule is CC(C)Oc1cc(-c2cnn(CCN)c2)ccc1Cl.Cl. The van der Waals surface area contributed by atoms with Crippen LogP contribution in [0.3, 0.4) is 0 Å². The molecule has 1 aromatic heterocycles. The van der Waals surface area contributed by atoms with Gasteiger partial charge in [0.25, 0.3) is 0 Å². The van der Waals surface area contributed by atoms with E-state index >= 15 is 0 Å². The summed E-state index contributed by atoms with van der Waals surface area (Å²) in [6.07, 6.45) is 3.88. The molecule has 1 heterocycles. The van der Waals surface area contributed by atoms with Gasteiger partial charge in [-0.25, -0.2) is 0 Å². The zero-order chi connectivity index (χ0) is 13.8. The summed E-state index contributed by atoms with van der Waals surface area (Å²) in [6, 6.07) is 5.74. The van der Waals surface area contributed by atoms with Crippen molar-refractivity contribution in [1.82, 2.24) is 9.78 Å². The summed E-state index contributed by atoms with van der Waals surface area (Å²) in [6.45, 7) is 5.23. The lowest BCUT2D eigenvalue weighted by atomic mass is 10.1. The Morgan fingerprint density at radius 2 is 2.10 bits per heavy atom. The molecule has 0 bridgehead atoms. The zero-order valence-corrected chi connectivity index (χ0v) is 13.1. The molecule has 4 nitrogen and oxygen atoms in total. The maximum atomic E-state index is 6.12. The molecule has 6 heteroatoms. The number of aromatic nitrogens is 2. The topological polar surface area (TPSA) is 53.1 Å². The number of nitrogens with two attached hydrogens (primary N) is 1. The number of ether oxygens (including phenoxy) is 1. The summed E-state index contributed by atoms with van der Waals surface area (Å²) < 4.78 is 7.51. The van der Waals surface area contributed by atoms with Crippen molar-refractivity contribution in [3.05, 3.63) is 35.6 Å². The van der Waals surface area contributed by atoms with Crippen molar-refractivity contribution in [1.29, 1.82) is 0 Å². The third-order valence-corrected chi connectivity index (χ3v) is 2.93. The summed E-state index contributed by atoms with van der Waals surface area (Å²) in [7, 11) is 0. The maximum absolute atomic E-state index is 6.12. The lowest BCUT2D eigenvalue weighted by molar-refractivity contribution is 0.242. The molecule has 0 aliphatic carbocycles. The van der Waals surface area contributed by atoms with E-state index in [4.69, 9.17) is 22.1 Å². The summed E-state index contributed by atoms with van der Waals surface area (Å²) in [5.74, 6) is 0.695. The zero-order valence-electron chi connectivity index (χ0n) is 11.5. The van der Waals surface area contributed by atoms with Gasteiger partial charge in [-0.15, -0.1) is 12.4 Å². The highest BCUT2D eigenvalue weighted by molar-refractivity contribution is 6.32. The second kappa shape index (κ2) is 7.53. The molecule has 0 aliphatic rings. The second-order valence-electron chi connectivity index (χ2n) is 4.59. The number of nitrogens with zero attached hydrogens (tertiary/aromatic N) is 2. The van der Waals surface area contributed by atoms with Crippen molar-refractivity contribution in [3.8, 4) is 16.9 Å². The molecule has 0 saturated carbocycles. The predicted octanol–water partition coefficient (Wildman–Crippen LogP) is 3.37. The lowest BCUT2D eigenvalue weighted by Gasteiger charge is -2.12. The first-order chi connectivity index (χ1) is 9.10. The summed E-state index contributed by atoms with van der Waals surface area (Å²) >= 11 is 6.12. The van der Waals surface area contributed by atoms with Crippen LogP contribution < -0.4 is 10.5 Å². The summed E-state index contributed by atoms with van der Waals surface area (Å²) in [5.41, 5.74) is 7.57. The molecule has 0 aliphatic heterocycles. The largest absolute Gasteiger partial charge is 0.489 e. The number of benzene rings is 1. The third kappa shape index (κ3) is 4.13. The molecule has 110 valence electrons. The van der Waals surface area contributed by atoms with Gasteiger partial charge in [-0.3, -0.25) is 4.68 Å². The Kier molecular flexibility index (Phi) is 6.33. The number of hydrogen-bond acceptors (Lipinski definition) is 3. The molecule has 2 aromatic rings. The first kappa shape index (κ1) is 16.8. The van der Waals surface area contributed by atoms with Crippen LogP contribution in [-0.2, 0) is 6.54 Å². The lowest BCUT2D eigenvalue weighted by Crippen LogP contribution is -2.09. The minimum absolute atomic E-state index is 0. The number of rotatable bonds is 5. The Bertz CT molecular complexity index is 555. The number of halogens is 2. The molecule has 0 atom stereocenters. The predicted molar refractivity (Wildman–Crippen MR) is 84.7 cm³/mol. The molecule has 0 radical (unpaired) electrons. The van der Waals surface area contributed by atoms with Gasteiger partial charge in [0.15, 0.2) is 0 Å². The van der Waals surface area contributed by atoms with Crippen LogP contribution in [0.1, 0.15) is 13.8 Å². The summed E-state index contributed by atoms with van der Waals surface area (Å²) in [5, 5.41) is 4.88. The van der Waals surface area contributed by atoms with Gasteiger partial charge in [0, 0.05) is 18.3 Å². The van der Waals surface area contributed by atoms with E-state index in [2.05, 4.69) is 5.10 Å². The van der Waals surface area contributed by atoms with Crippen LogP contribution in [0.5, 0.6) is 5.75 Å². The van der Waals surface area contributed by atoms with Crippen LogP contribution >= 0.6 is 24.0 Å². The molecular formula is C14H19Cl2N3O. The Balaban J connectivity index is 0.00000200. The molecule has 0 unspecified atom stereocenters. The van der Waals surface area contributed by atoms with Crippen molar-refractivity contribution < 1.29 is 4.74 Å². The van der Waals surface area contributed by atoms with Gasteiger partial charge in [-0.1, -0.05) is 17.7 Å². The van der Waals surface area contributed by atoms with E-state index < -0.39 is 0 Å². The van der Waals surface area contributed by atoms with Crippen molar-refractivity contribution in [2.75, 3.05) is 6.54 Å². The second-order valence-corrected chi connectivity index (χ2v) is 5.00. The molecule has 2 rings (SSSR count). The normalized spacial score (nSPS) is 10.4. The van der Waals surface area contributed by atoms with E-state index in [1.54, 1.807) is 0 Å². The Hall–Kier alpha value is -1.23. The van der Waals surface area contributed by atoms with Crippen LogP contribution in [0.2, 0.25) is 5.02 Å². The minimum atomic E-state index is 0. The molecular weight excluding hydrogens is 297 g/mol. The molecule has 2 N–H and O–H groups in total. The standard InChI is InChI=1S/C14H18ClN3O.ClH/c1-10(2)19-14-7-11(3-4-13(14)15)12-8-17-18(9-12)6-5-16;/h3-4,7-10H,5-6,16H2,1-2H3;1H. The highest BCUT2D eigenvalue weighted by atomic mass is 35.5. The maximum Gasteiger partial charge on any atom is 0.138 e. The van der Waals surface area contributed by atoms with Crippen LogP contribution in [0.4, 0.5) is 0 Å². The van der Waals surface area contributed by atoms with Gasteiger partial charge in [0.2, 0.25) is 0 Å². The van der Waals surface area contributed by atoms with E-state index in [0.29, 0.717) is 23.9 Å². The molecule has 20 heavy (non-hydrogen) atoms. The highest BCUT2D eigenvalue weighted by Gasteiger charge is 2.08. The first-order valence-corrected chi connectivity index (χ1v) is 6.67. The molecule has 1 aromatic carbocycles. The van der Waals surface area contributed by atoms with Crippen LogP contribution in [0.25, 0.3) is 11.1 Å². The average molecular weight is 316 g/mol. The van der Waals surface area contributed by atoms with Gasteiger partial charge in [-0.2, -0.15) is 5.10 Å². The van der Waals surface area contributed by atoms with Crippen molar-refractivity contribution in [3.63, 3.8) is 0 Å². The van der Waals surface area contributed by atoms with E-state index in [1.807, 2.05) is 49.1 Å². The molecule has 0 spiro atoms.